The molecule has 0 aliphatic rings. The van der Waals surface area contributed by atoms with E-state index in [2.05, 4.69) is 5.32 Å². The Labute approximate surface area is 180 Å². The third-order valence-corrected chi connectivity index (χ3v) is 5.48. The Morgan fingerprint density at radius 3 is 2.42 bits per heavy atom. The summed E-state index contributed by atoms with van der Waals surface area (Å²) in [5, 5.41) is 13.7. The summed E-state index contributed by atoms with van der Waals surface area (Å²) in [5.41, 5.74) is -0.0443. The van der Waals surface area contributed by atoms with E-state index in [-0.39, 0.29) is 35.7 Å². The van der Waals surface area contributed by atoms with E-state index in [9.17, 15) is 28.1 Å². The standard InChI is InChI=1S/C20H23N3O7S/c1-4-18(19(24)21-17-12-7-6-11-16(17)20(25)30-5-2)22(31(3,28)29)14-9-8-10-15(13-14)23(26)27/h6-13,18H,4-5H2,1-3H3,(H,21,24)/t18-/m1/s1. The second-order valence-electron chi connectivity index (χ2n) is 6.52. The molecule has 1 atom stereocenters. The summed E-state index contributed by atoms with van der Waals surface area (Å²) >= 11 is 0. The number of carbonyl (C=O) groups excluding carboxylic acids is 2. The lowest BCUT2D eigenvalue weighted by atomic mass is 10.1. The van der Waals surface area contributed by atoms with Crippen LogP contribution in [0.2, 0.25) is 0 Å². The monoisotopic (exact) mass is 449 g/mol. The molecule has 166 valence electrons. The van der Waals surface area contributed by atoms with E-state index in [4.69, 9.17) is 4.74 Å². The number of nitrogens with zero attached hydrogens (tertiary/aromatic N) is 2. The average molecular weight is 449 g/mol. The lowest BCUT2D eigenvalue weighted by molar-refractivity contribution is -0.384. The Bertz CT molecular complexity index is 1090. The molecule has 2 aromatic rings. The van der Waals surface area contributed by atoms with E-state index < -0.39 is 32.9 Å². The summed E-state index contributed by atoms with van der Waals surface area (Å²) in [6, 6.07) is 9.98. The molecule has 0 spiro atoms. The van der Waals surface area contributed by atoms with Crippen molar-refractivity contribution in [2.45, 2.75) is 26.3 Å². The molecule has 2 rings (SSSR count). The fraction of sp³-hybridized carbons (Fsp3) is 0.300. The van der Waals surface area contributed by atoms with Gasteiger partial charge in [-0.3, -0.25) is 19.2 Å². The lowest BCUT2D eigenvalue weighted by Gasteiger charge is -2.30. The van der Waals surface area contributed by atoms with Crippen molar-refractivity contribution in [3.8, 4) is 0 Å². The molecule has 0 heterocycles. The van der Waals surface area contributed by atoms with Crippen LogP contribution in [-0.4, -0.2) is 44.1 Å². The van der Waals surface area contributed by atoms with Crippen LogP contribution in [0.3, 0.4) is 0 Å². The van der Waals surface area contributed by atoms with Crippen LogP contribution in [0.1, 0.15) is 30.6 Å². The van der Waals surface area contributed by atoms with Crippen molar-refractivity contribution in [3.05, 3.63) is 64.2 Å². The third kappa shape index (κ3) is 5.79. The minimum absolute atomic E-state index is 0.0163. The Morgan fingerprint density at radius 2 is 1.84 bits per heavy atom. The van der Waals surface area contributed by atoms with Gasteiger partial charge in [0.25, 0.3) is 5.69 Å². The van der Waals surface area contributed by atoms with Crippen LogP contribution in [0, 0.1) is 10.1 Å². The zero-order valence-electron chi connectivity index (χ0n) is 17.3. The molecule has 0 unspecified atom stereocenters. The van der Waals surface area contributed by atoms with Crippen molar-refractivity contribution in [2.24, 2.45) is 0 Å². The topological polar surface area (TPSA) is 136 Å². The molecule has 10 nitrogen and oxygen atoms in total. The maximum atomic E-state index is 13.1. The van der Waals surface area contributed by atoms with Crippen LogP contribution in [0.5, 0.6) is 0 Å². The van der Waals surface area contributed by atoms with Gasteiger partial charge in [0.15, 0.2) is 0 Å². The van der Waals surface area contributed by atoms with E-state index in [1.165, 1.54) is 30.3 Å². The smallest absolute Gasteiger partial charge is 0.340 e. The zero-order valence-corrected chi connectivity index (χ0v) is 18.1. The van der Waals surface area contributed by atoms with Gasteiger partial charge in [0.2, 0.25) is 15.9 Å². The quantitative estimate of drug-likeness (QED) is 0.353. The maximum absolute atomic E-state index is 13.1. The fourth-order valence-corrected chi connectivity index (χ4v) is 4.20. The molecule has 1 N–H and O–H groups in total. The first-order valence-electron chi connectivity index (χ1n) is 9.41. The number of amides is 1. The first-order chi connectivity index (χ1) is 14.6. The Kier molecular flexibility index (Phi) is 7.70. The van der Waals surface area contributed by atoms with Gasteiger partial charge >= 0.3 is 5.97 Å². The number of hydrogen-bond donors (Lipinski definition) is 1. The van der Waals surface area contributed by atoms with Gasteiger partial charge in [-0.25, -0.2) is 13.2 Å². The van der Waals surface area contributed by atoms with Gasteiger partial charge in [0.05, 0.1) is 34.7 Å². The van der Waals surface area contributed by atoms with E-state index in [1.54, 1.807) is 26.0 Å². The Morgan fingerprint density at radius 1 is 1.16 bits per heavy atom. The Hall–Kier alpha value is -3.47. The summed E-state index contributed by atoms with van der Waals surface area (Å²) in [5.74, 6) is -1.33. The van der Waals surface area contributed by atoms with Crippen LogP contribution in [0.25, 0.3) is 0 Å². The number of non-ortho nitro benzene ring substituents is 1. The van der Waals surface area contributed by atoms with E-state index >= 15 is 0 Å². The van der Waals surface area contributed by atoms with Gasteiger partial charge in [-0.15, -0.1) is 0 Å². The van der Waals surface area contributed by atoms with Crippen LogP contribution >= 0.6 is 0 Å². The van der Waals surface area contributed by atoms with Crippen LogP contribution in [0.15, 0.2) is 48.5 Å². The minimum Gasteiger partial charge on any atom is -0.462 e. The van der Waals surface area contributed by atoms with Crippen molar-refractivity contribution in [1.29, 1.82) is 0 Å². The number of ether oxygens (including phenoxy) is 1. The minimum atomic E-state index is -3.99. The third-order valence-electron chi connectivity index (χ3n) is 4.31. The number of nitro benzene ring substituents is 1. The molecule has 0 fully saturated rings. The number of carbonyl (C=O) groups is 2. The molecular weight excluding hydrogens is 426 g/mol. The molecule has 11 heteroatoms. The number of para-hydroxylation sites is 1. The predicted molar refractivity (Wildman–Crippen MR) is 116 cm³/mol. The summed E-state index contributed by atoms with van der Waals surface area (Å²) in [6.07, 6.45) is 0.984. The summed E-state index contributed by atoms with van der Waals surface area (Å²) in [4.78, 5) is 35.7. The predicted octanol–water partition coefficient (Wildman–Crippen LogP) is 2.95. The highest BCUT2D eigenvalue weighted by molar-refractivity contribution is 7.92. The van der Waals surface area contributed by atoms with Crippen molar-refractivity contribution < 1.29 is 27.7 Å². The van der Waals surface area contributed by atoms with Gasteiger partial charge in [-0.05, 0) is 31.5 Å². The van der Waals surface area contributed by atoms with E-state index in [0.29, 0.717) is 0 Å². The lowest BCUT2D eigenvalue weighted by Crippen LogP contribution is -2.47. The number of anilines is 2. The van der Waals surface area contributed by atoms with Crippen LogP contribution in [0.4, 0.5) is 17.1 Å². The number of nitrogens with one attached hydrogen (secondary N) is 1. The van der Waals surface area contributed by atoms with Crippen LogP contribution < -0.4 is 9.62 Å². The van der Waals surface area contributed by atoms with Crippen molar-refractivity contribution >= 4 is 39.0 Å². The molecule has 0 saturated heterocycles. The second kappa shape index (κ2) is 10.0. The number of esters is 1. The van der Waals surface area contributed by atoms with Gasteiger partial charge < -0.3 is 10.1 Å². The summed E-state index contributed by atoms with van der Waals surface area (Å²) in [6.45, 7) is 3.40. The van der Waals surface area contributed by atoms with Crippen molar-refractivity contribution in [2.75, 3.05) is 22.5 Å². The van der Waals surface area contributed by atoms with Crippen molar-refractivity contribution in [3.63, 3.8) is 0 Å². The molecule has 0 bridgehead atoms. The normalized spacial score (nSPS) is 12.0. The summed E-state index contributed by atoms with van der Waals surface area (Å²) < 4.78 is 30.9. The molecule has 0 aromatic heterocycles. The number of rotatable bonds is 9. The molecule has 0 saturated carbocycles. The van der Waals surface area contributed by atoms with Gasteiger partial charge in [0.1, 0.15) is 6.04 Å². The van der Waals surface area contributed by atoms with E-state index in [0.717, 1.165) is 16.6 Å². The zero-order chi connectivity index (χ0) is 23.2. The SMILES string of the molecule is CCOC(=O)c1ccccc1NC(=O)[C@@H](CC)N(c1cccc([N+](=O)[O-])c1)S(C)(=O)=O. The summed E-state index contributed by atoms with van der Waals surface area (Å²) in [7, 11) is -3.99. The highest BCUT2D eigenvalue weighted by Gasteiger charge is 2.33. The molecule has 2 aromatic carbocycles. The van der Waals surface area contributed by atoms with Gasteiger partial charge in [-0.1, -0.05) is 25.1 Å². The Balaban J connectivity index is 2.45. The van der Waals surface area contributed by atoms with Gasteiger partial charge in [0, 0.05) is 12.1 Å². The maximum Gasteiger partial charge on any atom is 0.340 e. The number of nitro groups is 1. The molecule has 0 radical (unpaired) electrons. The number of hydrogen-bond acceptors (Lipinski definition) is 7. The highest BCUT2D eigenvalue weighted by atomic mass is 32.2. The fourth-order valence-electron chi connectivity index (χ4n) is 3.00. The van der Waals surface area contributed by atoms with Crippen LogP contribution in [-0.2, 0) is 19.6 Å². The van der Waals surface area contributed by atoms with Gasteiger partial charge in [-0.2, -0.15) is 0 Å². The largest absolute Gasteiger partial charge is 0.462 e. The second-order valence-corrected chi connectivity index (χ2v) is 8.37. The first-order valence-corrected chi connectivity index (χ1v) is 11.3. The highest BCUT2D eigenvalue weighted by Crippen LogP contribution is 2.27. The average Bonchev–Trinajstić information content (AvgIpc) is 2.71. The number of sulfonamides is 1. The first kappa shape index (κ1) is 23.8. The van der Waals surface area contributed by atoms with Crippen molar-refractivity contribution in [1.82, 2.24) is 0 Å². The molecule has 0 aliphatic carbocycles. The molecular formula is C20H23N3O7S. The molecule has 0 aliphatic heterocycles. The molecule has 31 heavy (non-hydrogen) atoms. The number of benzene rings is 2. The molecule has 1 amide bonds. The van der Waals surface area contributed by atoms with E-state index in [1.807, 2.05) is 0 Å².